The quantitative estimate of drug-likeness (QED) is 0.679. The van der Waals surface area contributed by atoms with Gasteiger partial charge in [-0.3, -0.25) is 0 Å². The van der Waals surface area contributed by atoms with Gasteiger partial charge in [-0.15, -0.1) is 0 Å². The number of fused-ring (bicyclic) bond motifs is 1. The molecule has 1 aromatic carbocycles. The topological polar surface area (TPSA) is 0 Å². The molecule has 0 nitrogen and oxygen atoms in total. The lowest BCUT2D eigenvalue weighted by Crippen LogP contribution is -2.09. The molecule has 2 saturated carbocycles. The van der Waals surface area contributed by atoms with Crippen molar-refractivity contribution in [2.24, 2.45) is 17.8 Å². The van der Waals surface area contributed by atoms with Crippen LogP contribution in [0.5, 0.6) is 0 Å². The van der Waals surface area contributed by atoms with Crippen LogP contribution in [-0.4, -0.2) is 0 Å². The zero-order chi connectivity index (χ0) is 12.2. The maximum absolute atomic E-state index is 13.3. The Bertz CT molecular complexity index is 421. The van der Waals surface area contributed by atoms with Crippen LogP contribution in [0.15, 0.2) is 12.1 Å². The smallest absolute Gasteiger partial charge is 0.123 e. The van der Waals surface area contributed by atoms with Crippen LogP contribution in [-0.2, 0) is 0 Å². The molecule has 0 saturated heterocycles. The van der Waals surface area contributed by atoms with Crippen molar-refractivity contribution in [3.05, 3.63) is 34.6 Å². The summed E-state index contributed by atoms with van der Waals surface area (Å²) in [6.45, 7) is 4.05. The maximum atomic E-state index is 13.3. The molecule has 0 radical (unpaired) electrons. The Morgan fingerprint density at radius 1 is 1.12 bits per heavy atom. The lowest BCUT2D eigenvalue weighted by atomic mass is 9.89. The fourth-order valence-electron chi connectivity index (χ4n) is 3.59. The van der Waals surface area contributed by atoms with Gasteiger partial charge in [-0.1, -0.05) is 15.9 Å². The van der Waals surface area contributed by atoms with Gasteiger partial charge in [0.1, 0.15) is 5.82 Å². The maximum Gasteiger partial charge on any atom is 0.123 e. The molecular weight excluding hydrogens is 279 g/mol. The van der Waals surface area contributed by atoms with Crippen LogP contribution in [0.1, 0.15) is 40.8 Å². The van der Waals surface area contributed by atoms with Gasteiger partial charge in [0.2, 0.25) is 0 Å². The standard InChI is InChI=1S/C15H18BrF/c1-8-3-13(17)4-9(2)14(8)15(16)12-6-10-5-11(10)7-12/h3-4,10-12,15H,5-7H2,1-2H3. The Kier molecular flexibility index (Phi) is 2.81. The van der Waals surface area contributed by atoms with Crippen LogP contribution < -0.4 is 0 Å². The minimum atomic E-state index is -0.113. The van der Waals surface area contributed by atoms with Crippen molar-refractivity contribution in [3.63, 3.8) is 0 Å². The second-order valence-electron chi connectivity index (χ2n) is 5.84. The van der Waals surface area contributed by atoms with Crippen molar-refractivity contribution < 1.29 is 4.39 Å². The van der Waals surface area contributed by atoms with Gasteiger partial charge < -0.3 is 0 Å². The van der Waals surface area contributed by atoms with E-state index in [4.69, 9.17) is 0 Å². The summed E-state index contributed by atoms with van der Waals surface area (Å²) in [4.78, 5) is 0.413. The second-order valence-corrected chi connectivity index (χ2v) is 6.83. The molecule has 2 heteroatoms. The molecule has 0 aliphatic heterocycles. The molecule has 0 N–H and O–H groups in total. The van der Waals surface area contributed by atoms with Gasteiger partial charge in [0, 0.05) is 4.83 Å². The van der Waals surface area contributed by atoms with Gasteiger partial charge in [-0.05, 0) is 79.7 Å². The summed E-state index contributed by atoms with van der Waals surface area (Å²) in [5.41, 5.74) is 3.49. The summed E-state index contributed by atoms with van der Waals surface area (Å²) in [5.74, 6) is 2.64. The highest BCUT2D eigenvalue weighted by molar-refractivity contribution is 9.09. The second kappa shape index (κ2) is 4.08. The molecule has 0 heterocycles. The fraction of sp³-hybridized carbons (Fsp3) is 0.600. The van der Waals surface area contributed by atoms with Crippen LogP contribution >= 0.6 is 15.9 Å². The third-order valence-electron chi connectivity index (χ3n) is 4.53. The number of hydrogen-bond donors (Lipinski definition) is 0. The van der Waals surface area contributed by atoms with E-state index in [0.29, 0.717) is 4.83 Å². The monoisotopic (exact) mass is 296 g/mol. The van der Waals surface area contributed by atoms with Crippen molar-refractivity contribution in [3.8, 4) is 0 Å². The molecule has 0 amide bonds. The molecule has 0 spiro atoms. The lowest BCUT2D eigenvalue weighted by Gasteiger charge is -2.23. The van der Waals surface area contributed by atoms with Crippen molar-refractivity contribution >= 4 is 15.9 Å². The Morgan fingerprint density at radius 3 is 2.18 bits per heavy atom. The SMILES string of the molecule is Cc1cc(F)cc(C)c1C(Br)C1CC2CC2C1. The summed E-state index contributed by atoms with van der Waals surface area (Å²) < 4.78 is 13.3. The predicted octanol–water partition coefficient (Wildman–Crippen LogP) is 4.92. The van der Waals surface area contributed by atoms with Gasteiger partial charge in [-0.2, -0.15) is 0 Å². The highest BCUT2D eigenvalue weighted by atomic mass is 79.9. The summed E-state index contributed by atoms with van der Waals surface area (Å²) in [5, 5.41) is 0. The number of aryl methyl sites for hydroxylation is 2. The summed E-state index contributed by atoms with van der Waals surface area (Å²) >= 11 is 3.86. The zero-order valence-electron chi connectivity index (χ0n) is 10.3. The molecule has 3 rings (SSSR count). The Labute approximate surface area is 111 Å². The van der Waals surface area contributed by atoms with Crippen molar-refractivity contribution in [2.45, 2.75) is 37.9 Å². The van der Waals surface area contributed by atoms with E-state index >= 15 is 0 Å². The molecule has 92 valence electrons. The van der Waals surface area contributed by atoms with E-state index in [0.717, 1.165) is 28.9 Å². The third-order valence-corrected chi connectivity index (χ3v) is 5.73. The van der Waals surface area contributed by atoms with E-state index in [1.165, 1.54) is 24.8 Å². The van der Waals surface area contributed by atoms with Crippen molar-refractivity contribution in [2.75, 3.05) is 0 Å². The molecule has 3 unspecified atom stereocenters. The van der Waals surface area contributed by atoms with E-state index in [1.807, 2.05) is 13.8 Å². The van der Waals surface area contributed by atoms with Crippen LogP contribution in [0.3, 0.4) is 0 Å². The van der Waals surface area contributed by atoms with Gasteiger partial charge in [0.25, 0.3) is 0 Å². The molecule has 3 atom stereocenters. The van der Waals surface area contributed by atoms with E-state index in [9.17, 15) is 4.39 Å². The first-order valence-electron chi connectivity index (χ1n) is 6.47. The van der Waals surface area contributed by atoms with Crippen molar-refractivity contribution in [1.29, 1.82) is 0 Å². The normalized spacial score (nSPS) is 32.4. The molecule has 2 aliphatic carbocycles. The number of benzene rings is 1. The third kappa shape index (κ3) is 2.05. The first kappa shape index (κ1) is 11.7. The predicted molar refractivity (Wildman–Crippen MR) is 71.9 cm³/mol. The fourth-order valence-corrected chi connectivity index (χ4v) is 4.75. The van der Waals surface area contributed by atoms with E-state index < -0.39 is 0 Å². The molecular formula is C15H18BrF. The van der Waals surface area contributed by atoms with E-state index in [-0.39, 0.29) is 5.82 Å². The van der Waals surface area contributed by atoms with E-state index in [2.05, 4.69) is 15.9 Å². The Hall–Kier alpha value is -0.370. The Balaban J connectivity index is 1.87. The zero-order valence-corrected chi connectivity index (χ0v) is 11.9. The largest absolute Gasteiger partial charge is 0.207 e. The highest BCUT2D eigenvalue weighted by Gasteiger charge is 2.47. The number of alkyl halides is 1. The Morgan fingerprint density at radius 2 is 1.65 bits per heavy atom. The van der Waals surface area contributed by atoms with Crippen molar-refractivity contribution in [1.82, 2.24) is 0 Å². The molecule has 1 aromatic rings. The summed E-state index contributed by atoms with van der Waals surface area (Å²) in [6, 6.07) is 3.32. The molecule has 2 fully saturated rings. The lowest BCUT2D eigenvalue weighted by molar-refractivity contribution is 0.479. The van der Waals surface area contributed by atoms with Gasteiger partial charge in [0.05, 0.1) is 0 Å². The molecule has 0 aromatic heterocycles. The van der Waals surface area contributed by atoms with Gasteiger partial charge in [0.15, 0.2) is 0 Å². The van der Waals surface area contributed by atoms with Crippen LogP contribution in [0.2, 0.25) is 0 Å². The first-order valence-corrected chi connectivity index (χ1v) is 7.38. The average Bonchev–Trinajstić information content (AvgIpc) is 2.84. The number of hydrogen-bond acceptors (Lipinski definition) is 0. The van der Waals surface area contributed by atoms with Gasteiger partial charge in [-0.25, -0.2) is 4.39 Å². The van der Waals surface area contributed by atoms with Crippen LogP contribution in [0.4, 0.5) is 4.39 Å². The molecule has 2 aliphatic rings. The van der Waals surface area contributed by atoms with Crippen LogP contribution in [0, 0.1) is 37.4 Å². The molecule has 17 heavy (non-hydrogen) atoms. The molecule has 0 bridgehead atoms. The average molecular weight is 297 g/mol. The highest BCUT2D eigenvalue weighted by Crippen LogP contribution is 2.59. The van der Waals surface area contributed by atoms with E-state index in [1.54, 1.807) is 12.1 Å². The minimum absolute atomic E-state index is 0.113. The van der Waals surface area contributed by atoms with Gasteiger partial charge >= 0.3 is 0 Å². The summed E-state index contributed by atoms with van der Waals surface area (Å²) in [7, 11) is 0. The number of halogens is 2. The number of rotatable bonds is 2. The minimum Gasteiger partial charge on any atom is -0.207 e. The van der Waals surface area contributed by atoms with Crippen LogP contribution in [0.25, 0.3) is 0 Å². The summed E-state index contributed by atoms with van der Waals surface area (Å²) in [6.07, 6.45) is 4.17. The first-order chi connectivity index (χ1) is 8.06.